The number of hydrogen-bond donors (Lipinski definition) is 2. The van der Waals surface area contributed by atoms with Gasteiger partial charge >= 0.3 is 0 Å². The molecule has 2 heterocycles. The number of carbonyl (C=O) groups is 1. The van der Waals surface area contributed by atoms with Crippen molar-refractivity contribution in [3.05, 3.63) is 58.2 Å². The number of rotatable bonds is 10. The molecule has 1 atom stereocenters. The second-order valence-electron chi connectivity index (χ2n) is 9.48. The Hall–Kier alpha value is -2.77. The van der Waals surface area contributed by atoms with E-state index in [0.29, 0.717) is 39.5 Å². The Kier molecular flexibility index (Phi) is 11.3. The van der Waals surface area contributed by atoms with Gasteiger partial charge in [0.05, 0.1) is 32.8 Å². The molecule has 0 spiro atoms. The van der Waals surface area contributed by atoms with E-state index in [0.717, 1.165) is 25.2 Å². The molecule has 1 aromatic heterocycles. The molecule has 216 valence electrons. The predicted octanol–water partition coefficient (Wildman–Crippen LogP) is 5.75. The standard InChI is InChI=1S/C27H33ClFN6O3P.H3P/c1-34-10-8-17-13-23(37-3)22(12-19(17)16-34)32-27-30-15-20(28)25(33-27)31-21-7-6-18(14-24(21)38-39(4)5)26(36)35(2)11-9-29;/h6-7,12-15H,8-11,16H2,1-5H3,(H2,30,31,32,33);1H3. The topological polar surface area (TPSA) is 91.8 Å². The number of benzene rings is 2. The van der Waals surface area contributed by atoms with E-state index in [9.17, 15) is 9.18 Å². The number of methoxy groups -OCH3 is 1. The van der Waals surface area contributed by atoms with Crippen LogP contribution in [0.1, 0.15) is 21.5 Å². The zero-order chi connectivity index (χ0) is 28.1. The van der Waals surface area contributed by atoms with Gasteiger partial charge in [0.2, 0.25) is 5.95 Å². The van der Waals surface area contributed by atoms with Crippen molar-refractivity contribution in [1.82, 2.24) is 19.8 Å². The van der Waals surface area contributed by atoms with Crippen molar-refractivity contribution in [1.29, 1.82) is 0 Å². The molecule has 13 heteroatoms. The summed E-state index contributed by atoms with van der Waals surface area (Å²) in [6.45, 7) is 5.16. The first-order chi connectivity index (χ1) is 18.7. The van der Waals surface area contributed by atoms with Crippen molar-refractivity contribution in [3.8, 4) is 11.5 Å². The first kappa shape index (κ1) is 31.8. The number of alkyl halides is 1. The van der Waals surface area contributed by atoms with Gasteiger partial charge in [-0.25, -0.2) is 9.37 Å². The highest BCUT2D eigenvalue weighted by atomic mass is 35.5. The smallest absolute Gasteiger partial charge is 0.253 e. The van der Waals surface area contributed by atoms with Gasteiger partial charge in [0, 0.05) is 32.2 Å². The van der Waals surface area contributed by atoms with Crippen LogP contribution in [-0.2, 0) is 13.0 Å². The summed E-state index contributed by atoms with van der Waals surface area (Å²) in [6.07, 6.45) is 2.47. The third-order valence-electron chi connectivity index (χ3n) is 6.24. The Morgan fingerprint density at radius 3 is 2.65 bits per heavy atom. The number of halogens is 2. The van der Waals surface area contributed by atoms with Crippen LogP contribution < -0.4 is 19.9 Å². The highest BCUT2D eigenvalue weighted by Crippen LogP contribution is 2.39. The number of aromatic nitrogens is 2. The molecule has 0 radical (unpaired) electrons. The van der Waals surface area contributed by atoms with Gasteiger partial charge < -0.3 is 29.7 Å². The molecule has 9 nitrogen and oxygen atoms in total. The van der Waals surface area contributed by atoms with Crippen LogP contribution in [0.25, 0.3) is 0 Å². The van der Waals surface area contributed by atoms with Crippen LogP contribution in [0.15, 0.2) is 36.5 Å². The summed E-state index contributed by atoms with van der Waals surface area (Å²) in [7, 11) is 4.50. The Balaban J connectivity index is 0.00000441. The maximum Gasteiger partial charge on any atom is 0.253 e. The van der Waals surface area contributed by atoms with E-state index in [2.05, 4.69) is 44.7 Å². The first-order valence-corrected chi connectivity index (χ1v) is 15.0. The SMILES string of the molecule is COc1cc2c(cc1Nc1ncc(Cl)c(Nc3ccc(C(=O)N(C)CCF)cc3OP(C)C)n1)CN(C)CC2.P. The lowest BCUT2D eigenvalue weighted by Gasteiger charge is -2.26. The lowest BCUT2D eigenvalue weighted by atomic mass is 9.99. The maximum absolute atomic E-state index is 12.8. The van der Waals surface area contributed by atoms with Gasteiger partial charge in [-0.1, -0.05) is 11.6 Å². The van der Waals surface area contributed by atoms with Gasteiger partial charge in [-0.2, -0.15) is 14.9 Å². The third-order valence-corrected chi connectivity index (χ3v) is 7.08. The van der Waals surface area contributed by atoms with Crippen molar-refractivity contribution in [2.45, 2.75) is 13.0 Å². The number of nitrogens with zero attached hydrogens (tertiary/aromatic N) is 4. The van der Waals surface area contributed by atoms with Crippen LogP contribution in [0.4, 0.5) is 27.5 Å². The molecule has 3 aromatic rings. The van der Waals surface area contributed by atoms with Crippen molar-refractivity contribution in [2.24, 2.45) is 0 Å². The van der Waals surface area contributed by atoms with Crippen LogP contribution >= 0.6 is 29.6 Å². The van der Waals surface area contributed by atoms with Crippen LogP contribution in [0.5, 0.6) is 11.5 Å². The number of ether oxygens (including phenoxy) is 1. The van der Waals surface area contributed by atoms with Crippen LogP contribution in [0, 0.1) is 0 Å². The monoisotopic (exact) mass is 608 g/mol. The molecule has 1 aliphatic rings. The van der Waals surface area contributed by atoms with E-state index in [4.69, 9.17) is 20.9 Å². The molecule has 2 aromatic carbocycles. The van der Waals surface area contributed by atoms with Gasteiger partial charge in [0.25, 0.3) is 5.91 Å². The van der Waals surface area contributed by atoms with Gasteiger partial charge in [-0.3, -0.25) is 4.79 Å². The zero-order valence-electron chi connectivity index (χ0n) is 23.4. The quantitative estimate of drug-likeness (QED) is 0.281. The summed E-state index contributed by atoms with van der Waals surface area (Å²) in [5.74, 6) is 1.58. The van der Waals surface area contributed by atoms with Crippen LogP contribution in [-0.4, -0.2) is 80.0 Å². The Labute approximate surface area is 244 Å². The number of fused-ring (bicyclic) bond motifs is 1. The number of carbonyl (C=O) groups excluding carboxylic acids is 1. The molecular formula is C27H36ClFN6O3P2. The Bertz CT molecular complexity index is 1350. The van der Waals surface area contributed by atoms with Gasteiger partial charge in [0.15, 0.2) is 5.82 Å². The van der Waals surface area contributed by atoms with Crippen molar-refractivity contribution in [3.63, 3.8) is 0 Å². The second-order valence-corrected chi connectivity index (χ2v) is 11.7. The maximum atomic E-state index is 12.8. The van der Waals surface area contributed by atoms with E-state index in [1.54, 1.807) is 32.4 Å². The molecule has 40 heavy (non-hydrogen) atoms. The summed E-state index contributed by atoms with van der Waals surface area (Å²) >= 11 is 6.46. The van der Waals surface area contributed by atoms with E-state index >= 15 is 0 Å². The number of hydrogen-bond acceptors (Lipinski definition) is 8. The van der Waals surface area contributed by atoms with E-state index < -0.39 is 14.8 Å². The normalized spacial score (nSPS) is 12.8. The molecule has 0 fully saturated rings. The van der Waals surface area contributed by atoms with Crippen LogP contribution in [0.2, 0.25) is 5.02 Å². The van der Waals surface area contributed by atoms with Gasteiger partial charge in [0.1, 0.15) is 23.2 Å². The van der Waals surface area contributed by atoms with E-state index in [-0.39, 0.29) is 22.4 Å². The predicted molar refractivity (Wildman–Crippen MR) is 167 cm³/mol. The minimum absolute atomic E-state index is 0. The molecule has 0 aliphatic carbocycles. The zero-order valence-corrected chi connectivity index (χ0v) is 26.5. The number of anilines is 4. The molecule has 1 amide bonds. The van der Waals surface area contributed by atoms with Crippen LogP contribution in [0.3, 0.4) is 0 Å². The fourth-order valence-electron chi connectivity index (χ4n) is 4.24. The molecule has 2 N–H and O–H groups in total. The molecule has 4 rings (SSSR count). The van der Waals surface area contributed by atoms with E-state index in [1.165, 1.54) is 22.2 Å². The highest BCUT2D eigenvalue weighted by molar-refractivity contribution is 7.51. The molecular weight excluding hydrogens is 573 g/mol. The minimum Gasteiger partial charge on any atom is -0.495 e. The Morgan fingerprint density at radius 2 is 1.95 bits per heavy atom. The lowest BCUT2D eigenvalue weighted by molar-refractivity contribution is 0.0786. The van der Waals surface area contributed by atoms with Crippen molar-refractivity contribution < 1.29 is 18.4 Å². The summed E-state index contributed by atoms with van der Waals surface area (Å²) in [4.78, 5) is 25.3. The lowest BCUT2D eigenvalue weighted by Crippen LogP contribution is -2.28. The average molecular weight is 609 g/mol. The molecule has 1 unspecified atom stereocenters. The third kappa shape index (κ3) is 7.70. The van der Waals surface area contributed by atoms with Crippen molar-refractivity contribution >= 4 is 58.7 Å². The average Bonchev–Trinajstić information content (AvgIpc) is 2.90. The fraction of sp³-hybridized carbons (Fsp3) is 0.370. The summed E-state index contributed by atoms with van der Waals surface area (Å²) in [6, 6.07) is 9.15. The first-order valence-electron chi connectivity index (χ1n) is 12.4. The number of likely N-dealkylation sites (N-methyl/N-ethyl adjacent to an activating group) is 1. The molecule has 1 aliphatic heterocycles. The van der Waals surface area contributed by atoms with E-state index in [1.807, 2.05) is 13.3 Å². The summed E-state index contributed by atoms with van der Waals surface area (Å²) in [5, 5.41) is 6.79. The Morgan fingerprint density at radius 1 is 1.18 bits per heavy atom. The highest BCUT2D eigenvalue weighted by Gasteiger charge is 2.19. The minimum atomic E-state index is -0.802. The summed E-state index contributed by atoms with van der Waals surface area (Å²) in [5.41, 5.74) is 4.23. The van der Waals surface area contributed by atoms with Gasteiger partial charge in [-0.15, -0.1) is 0 Å². The molecule has 0 bridgehead atoms. The van der Waals surface area contributed by atoms with Crippen molar-refractivity contribution in [2.75, 3.05) is 64.9 Å². The van der Waals surface area contributed by atoms with Gasteiger partial charge in [-0.05, 0) is 68.3 Å². The second kappa shape index (κ2) is 14.2. The number of nitrogens with one attached hydrogen (secondary N) is 2. The molecule has 0 saturated carbocycles. The fourth-order valence-corrected chi connectivity index (χ4v) is 4.92. The number of amides is 1. The molecule has 0 saturated heterocycles. The largest absolute Gasteiger partial charge is 0.495 e. The summed E-state index contributed by atoms with van der Waals surface area (Å²) < 4.78 is 24.4.